The first-order valence-electron chi connectivity index (χ1n) is 6.21. The van der Waals surface area contributed by atoms with Gasteiger partial charge in [-0.3, -0.25) is 14.6 Å². The maximum atomic E-state index is 11.7. The summed E-state index contributed by atoms with van der Waals surface area (Å²) in [6, 6.07) is 3.13. The molecule has 6 heteroatoms. The van der Waals surface area contributed by atoms with Crippen molar-refractivity contribution in [3.63, 3.8) is 0 Å². The molecule has 0 fully saturated rings. The topological polar surface area (TPSA) is 79.3 Å². The molecular formula is C13H17ClN2O3. The molecule has 0 saturated carbocycles. The molecule has 0 spiro atoms. The standard InChI is InChI=1S/C13H17ClN2O3/c14-10-6-8-15-11(9-10)13(19)16-7-4-2-1-3-5-12(17)18/h6,8-9H,1-5,7H2,(H,16,19)(H,17,18). The van der Waals surface area contributed by atoms with Gasteiger partial charge in [0.15, 0.2) is 0 Å². The SMILES string of the molecule is O=C(O)CCCCCCNC(=O)c1cc(Cl)ccn1. The van der Waals surface area contributed by atoms with Crippen LogP contribution in [0.4, 0.5) is 0 Å². The van der Waals surface area contributed by atoms with Gasteiger partial charge in [-0.15, -0.1) is 0 Å². The summed E-state index contributed by atoms with van der Waals surface area (Å²) in [6.07, 6.45) is 4.96. The van der Waals surface area contributed by atoms with E-state index < -0.39 is 5.97 Å². The highest BCUT2D eigenvalue weighted by Gasteiger charge is 2.06. The zero-order valence-corrected chi connectivity index (χ0v) is 11.3. The Morgan fingerprint density at radius 2 is 2.00 bits per heavy atom. The van der Waals surface area contributed by atoms with E-state index in [2.05, 4.69) is 10.3 Å². The largest absolute Gasteiger partial charge is 0.481 e. The number of carboxylic acids is 1. The van der Waals surface area contributed by atoms with Gasteiger partial charge in [-0.1, -0.05) is 24.4 Å². The first-order valence-corrected chi connectivity index (χ1v) is 6.59. The second kappa shape index (κ2) is 8.48. The van der Waals surface area contributed by atoms with E-state index >= 15 is 0 Å². The maximum Gasteiger partial charge on any atom is 0.303 e. The summed E-state index contributed by atoms with van der Waals surface area (Å²) in [4.78, 5) is 25.9. The highest BCUT2D eigenvalue weighted by molar-refractivity contribution is 6.30. The fraction of sp³-hybridized carbons (Fsp3) is 0.462. The molecule has 0 saturated heterocycles. The van der Waals surface area contributed by atoms with E-state index in [1.54, 1.807) is 6.07 Å². The van der Waals surface area contributed by atoms with Gasteiger partial charge in [-0.05, 0) is 25.0 Å². The second-order valence-corrected chi connectivity index (χ2v) is 4.61. The lowest BCUT2D eigenvalue weighted by atomic mass is 10.1. The van der Waals surface area contributed by atoms with Crippen molar-refractivity contribution in [3.05, 3.63) is 29.0 Å². The Morgan fingerprint density at radius 3 is 2.68 bits per heavy atom. The number of hydrogen-bond donors (Lipinski definition) is 2. The van der Waals surface area contributed by atoms with E-state index in [0.29, 0.717) is 23.7 Å². The summed E-state index contributed by atoms with van der Waals surface area (Å²) in [7, 11) is 0. The Balaban J connectivity index is 2.12. The van der Waals surface area contributed by atoms with Crippen molar-refractivity contribution in [1.82, 2.24) is 10.3 Å². The number of carbonyl (C=O) groups excluding carboxylic acids is 1. The number of aliphatic carboxylic acids is 1. The normalized spacial score (nSPS) is 10.2. The fourth-order valence-electron chi connectivity index (χ4n) is 1.58. The molecule has 0 bridgehead atoms. The van der Waals surface area contributed by atoms with E-state index in [1.165, 1.54) is 12.3 Å². The molecule has 0 aliphatic carbocycles. The molecule has 104 valence electrons. The predicted octanol–water partition coefficient (Wildman–Crippen LogP) is 2.50. The van der Waals surface area contributed by atoms with Crippen LogP contribution in [0.25, 0.3) is 0 Å². The number of unbranched alkanes of at least 4 members (excludes halogenated alkanes) is 3. The third-order valence-electron chi connectivity index (χ3n) is 2.56. The summed E-state index contributed by atoms with van der Waals surface area (Å²) in [5, 5.41) is 11.7. The molecule has 1 rings (SSSR count). The van der Waals surface area contributed by atoms with E-state index in [0.717, 1.165) is 19.3 Å². The van der Waals surface area contributed by atoms with Crippen molar-refractivity contribution in [2.75, 3.05) is 6.54 Å². The molecule has 0 aromatic carbocycles. The quantitative estimate of drug-likeness (QED) is 0.719. The van der Waals surface area contributed by atoms with Gasteiger partial charge >= 0.3 is 5.97 Å². The van der Waals surface area contributed by atoms with E-state index in [-0.39, 0.29) is 12.3 Å². The monoisotopic (exact) mass is 284 g/mol. The number of nitrogens with one attached hydrogen (secondary N) is 1. The summed E-state index contributed by atoms with van der Waals surface area (Å²) >= 11 is 5.77. The van der Waals surface area contributed by atoms with Gasteiger partial charge in [-0.2, -0.15) is 0 Å². The summed E-state index contributed by atoms with van der Waals surface area (Å²) in [5.74, 6) is -1.01. The average Bonchev–Trinajstić information content (AvgIpc) is 2.37. The number of pyridine rings is 1. The van der Waals surface area contributed by atoms with Crippen molar-refractivity contribution in [2.24, 2.45) is 0 Å². The lowest BCUT2D eigenvalue weighted by molar-refractivity contribution is -0.137. The Labute approximate surface area is 117 Å². The smallest absolute Gasteiger partial charge is 0.303 e. The van der Waals surface area contributed by atoms with Gasteiger partial charge in [0, 0.05) is 24.2 Å². The highest BCUT2D eigenvalue weighted by atomic mass is 35.5. The number of aromatic nitrogens is 1. The Kier molecular flexibility index (Phi) is 6.89. The third-order valence-corrected chi connectivity index (χ3v) is 2.79. The molecular weight excluding hydrogens is 268 g/mol. The van der Waals surface area contributed by atoms with Gasteiger partial charge < -0.3 is 10.4 Å². The molecule has 1 aromatic heterocycles. The van der Waals surface area contributed by atoms with Crippen molar-refractivity contribution < 1.29 is 14.7 Å². The Bertz CT molecular complexity index is 438. The molecule has 0 unspecified atom stereocenters. The molecule has 19 heavy (non-hydrogen) atoms. The molecule has 0 radical (unpaired) electrons. The molecule has 2 N–H and O–H groups in total. The van der Waals surface area contributed by atoms with Crippen molar-refractivity contribution in [1.29, 1.82) is 0 Å². The van der Waals surface area contributed by atoms with Crippen LogP contribution in [0.1, 0.15) is 42.6 Å². The summed E-state index contributed by atoms with van der Waals surface area (Å²) in [6.45, 7) is 0.556. The number of hydrogen-bond acceptors (Lipinski definition) is 3. The molecule has 1 heterocycles. The zero-order valence-electron chi connectivity index (χ0n) is 10.6. The van der Waals surface area contributed by atoms with Crippen LogP contribution in [0.15, 0.2) is 18.3 Å². The van der Waals surface area contributed by atoms with Crippen LogP contribution in [-0.4, -0.2) is 28.5 Å². The van der Waals surface area contributed by atoms with Crippen LogP contribution in [0, 0.1) is 0 Å². The molecule has 0 aliphatic heterocycles. The van der Waals surface area contributed by atoms with E-state index in [1.807, 2.05) is 0 Å². The molecule has 1 aromatic rings. The van der Waals surface area contributed by atoms with Crippen LogP contribution >= 0.6 is 11.6 Å². The van der Waals surface area contributed by atoms with Crippen molar-refractivity contribution in [2.45, 2.75) is 32.1 Å². The second-order valence-electron chi connectivity index (χ2n) is 4.17. The van der Waals surface area contributed by atoms with Gasteiger partial charge in [0.05, 0.1) is 0 Å². The number of carboxylic acid groups (broad SMARTS) is 1. The molecule has 0 aliphatic rings. The molecule has 1 amide bonds. The minimum atomic E-state index is -0.764. The van der Waals surface area contributed by atoms with Gasteiger partial charge in [0.2, 0.25) is 0 Å². The van der Waals surface area contributed by atoms with E-state index in [9.17, 15) is 9.59 Å². The minimum Gasteiger partial charge on any atom is -0.481 e. The Morgan fingerprint density at radius 1 is 1.26 bits per heavy atom. The number of carbonyl (C=O) groups is 2. The van der Waals surface area contributed by atoms with Gasteiger partial charge in [-0.25, -0.2) is 0 Å². The fourth-order valence-corrected chi connectivity index (χ4v) is 1.74. The van der Waals surface area contributed by atoms with Crippen LogP contribution < -0.4 is 5.32 Å². The first kappa shape index (κ1) is 15.4. The predicted molar refractivity (Wildman–Crippen MR) is 72.3 cm³/mol. The summed E-state index contributed by atoms with van der Waals surface area (Å²) in [5.41, 5.74) is 0.304. The van der Waals surface area contributed by atoms with Crippen molar-refractivity contribution in [3.8, 4) is 0 Å². The maximum absolute atomic E-state index is 11.7. The van der Waals surface area contributed by atoms with Gasteiger partial charge in [0.25, 0.3) is 5.91 Å². The lowest BCUT2D eigenvalue weighted by Crippen LogP contribution is -2.25. The number of rotatable bonds is 8. The average molecular weight is 285 g/mol. The van der Waals surface area contributed by atoms with Gasteiger partial charge in [0.1, 0.15) is 5.69 Å². The lowest BCUT2D eigenvalue weighted by Gasteiger charge is -2.04. The molecule has 5 nitrogen and oxygen atoms in total. The Hall–Kier alpha value is -1.62. The van der Waals surface area contributed by atoms with Crippen LogP contribution in [0.5, 0.6) is 0 Å². The van der Waals surface area contributed by atoms with Crippen molar-refractivity contribution >= 4 is 23.5 Å². The first-order chi connectivity index (χ1) is 9.09. The number of nitrogens with zero attached hydrogens (tertiary/aromatic N) is 1. The molecule has 0 atom stereocenters. The minimum absolute atomic E-state index is 0.207. The number of amides is 1. The summed E-state index contributed by atoms with van der Waals surface area (Å²) < 4.78 is 0. The number of halogens is 1. The zero-order chi connectivity index (χ0) is 14.1. The van der Waals surface area contributed by atoms with Crippen LogP contribution in [0.3, 0.4) is 0 Å². The van der Waals surface area contributed by atoms with E-state index in [4.69, 9.17) is 16.7 Å². The van der Waals surface area contributed by atoms with Crippen LogP contribution in [0.2, 0.25) is 5.02 Å². The highest BCUT2D eigenvalue weighted by Crippen LogP contribution is 2.08. The van der Waals surface area contributed by atoms with Crippen LogP contribution in [-0.2, 0) is 4.79 Å². The third kappa shape index (κ3) is 6.76.